The van der Waals surface area contributed by atoms with Gasteiger partial charge in [-0.25, -0.2) is 0 Å². The fourth-order valence-electron chi connectivity index (χ4n) is 3.70. The predicted molar refractivity (Wildman–Crippen MR) is 65.7 cm³/mol. The van der Waals surface area contributed by atoms with Gasteiger partial charge in [0.15, 0.2) is 0 Å². The van der Waals surface area contributed by atoms with Crippen molar-refractivity contribution >= 4 is 15.9 Å². The van der Waals surface area contributed by atoms with Crippen molar-refractivity contribution < 1.29 is 0 Å². The Morgan fingerprint density at radius 2 is 1.67 bits per heavy atom. The quantitative estimate of drug-likeness (QED) is 0.499. The lowest BCUT2D eigenvalue weighted by Gasteiger charge is -2.22. The van der Waals surface area contributed by atoms with Gasteiger partial charge in [0, 0.05) is 0 Å². The average molecular weight is 261 g/mol. The van der Waals surface area contributed by atoms with E-state index in [1.165, 1.54) is 5.57 Å². The van der Waals surface area contributed by atoms with Crippen LogP contribution in [0, 0.1) is 23.7 Å². The van der Waals surface area contributed by atoms with E-state index in [1.54, 1.807) is 0 Å². The third-order valence-electron chi connectivity index (χ3n) is 4.40. The van der Waals surface area contributed by atoms with Gasteiger partial charge in [0.1, 0.15) is 0 Å². The summed E-state index contributed by atoms with van der Waals surface area (Å²) in [7, 11) is 0. The van der Waals surface area contributed by atoms with Gasteiger partial charge in [-0.05, 0) is 35.7 Å². The molecule has 1 heteroatoms. The smallest absolute Gasteiger partial charge is 0.0583 e. The molecule has 0 saturated heterocycles. The standard InChI is InChI=1S/C14H13Br/c15-14(11-3-1-2-4-11)12-9-5-6-10(8-7-9)13(12)14/h1,3-10,12-13H,2H2. The molecule has 5 aliphatic rings. The summed E-state index contributed by atoms with van der Waals surface area (Å²) in [6, 6.07) is 0. The molecule has 0 radical (unpaired) electrons. The van der Waals surface area contributed by atoms with Crippen molar-refractivity contribution in [3.63, 3.8) is 0 Å². The first kappa shape index (κ1) is 8.58. The second kappa shape index (κ2) is 2.57. The molecule has 2 bridgehead atoms. The predicted octanol–water partition coefficient (Wildman–Crippen LogP) is 3.62. The van der Waals surface area contributed by atoms with E-state index in [9.17, 15) is 0 Å². The van der Waals surface area contributed by atoms with Crippen LogP contribution in [0.4, 0.5) is 0 Å². The van der Waals surface area contributed by atoms with Crippen LogP contribution in [0.5, 0.6) is 0 Å². The van der Waals surface area contributed by atoms with E-state index >= 15 is 0 Å². The largest absolute Gasteiger partial charge is 0.0807 e. The lowest BCUT2D eigenvalue weighted by Crippen LogP contribution is -2.14. The zero-order valence-electron chi connectivity index (χ0n) is 8.44. The summed E-state index contributed by atoms with van der Waals surface area (Å²) in [5.74, 6) is 2.97. The summed E-state index contributed by atoms with van der Waals surface area (Å²) < 4.78 is 0.294. The van der Waals surface area contributed by atoms with E-state index in [0.717, 1.165) is 18.3 Å². The van der Waals surface area contributed by atoms with Gasteiger partial charge >= 0.3 is 0 Å². The van der Waals surface area contributed by atoms with Crippen LogP contribution < -0.4 is 0 Å². The molecule has 0 N–H and O–H groups in total. The van der Waals surface area contributed by atoms with E-state index < -0.39 is 0 Å². The minimum Gasteiger partial charge on any atom is -0.0807 e. The molecule has 76 valence electrons. The van der Waals surface area contributed by atoms with Crippen LogP contribution in [0.3, 0.4) is 0 Å². The van der Waals surface area contributed by atoms with Crippen molar-refractivity contribution in [3.8, 4) is 0 Å². The highest BCUT2D eigenvalue weighted by Crippen LogP contribution is 2.71. The molecule has 0 heterocycles. The van der Waals surface area contributed by atoms with Gasteiger partial charge in [-0.2, -0.15) is 0 Å². The van der Waals surface area contributed by atoms with Gasteiger partial charge in [-0.3, -0.25) is 0 Å². The molecule has 2 unspecified atom stereocenters. The second-order valence-corrected chi connectivity index (χ2v) is 6.35. The number of alkyl halides is 1. The van der Waals surface area contributed by atoms with Gasteiger partial charge in [0.25, 0.3) is 0 Å². The highest BCUT2D eigenvalue weighted by Gasteiger charge is 2.70. The summed E-state index contributed by atoms with van der Waals surface area (Å²) in [4.78, 5) is 0. The Balaban J connectivity index is 1.77. The summed E-state index contributed by atoms with van der Waals surface area (Å²) in [5.41, 5.74) is 1.53. The van der Waals surface area contributed by atoms with Crippen LogP contribution in [0.1, 0.15) is 6.42 Å². The van der Waals surface area contributed by atoms with Gasteiger partial charge in [0.05, 0.1) is 4.32 Å². The van der Waals surface area contributed by atoms with Gasteiger partial charge in [-0.15, -0.1) is 0 Å². The highest BCUT2D eigenvalue weighted by molar-refractivity contribution is 9.10. The molecule has 0 amide bonds. The van der Waals surface area contributed by atoms with Crippen molar-refractivity contribution in [2.45, 2.75) is 10.7 Å². The lowest BCUT2D eigenvalue weighted by atomic mass is 9.82. The molecule has 5 aliphatic carbocycles. The highest BCUT2D eigenvalue weighted by atomic mass is 79.9. The van der Waals surface area contributed by atoms with E-state index in [2.05, 4.69) is 58.5 Å². The molecule has 0 aliphatic heterocycles. The van der Waals surface area contributed by atoms with Crippen LogP contribution in [0.2, 0.25) is 0 Å². The Kier molecular flexibility index (Phi) is 1.47. The molecule has 1 saturated carbocycles. The topological polar surface area (TPSA) is 0 Å². The maximum atomic E-state index is 4.03. The maximum Gasteiger partial charge on any atom is 0.0583 e. The number of rotatable bonds is 1. The second-order valence-electron chi connectivity index (χ2n) is 5.04. The number of halogens is 1. The minimum absolute atomic E-state index is 0.294. The molecular weight excluding hydrogens is 248 g/mol. The van der Waals surface area contributed by atoms with E-state index in [-0.39, 0.29) is 0 Å². The van der Waals surface area contributed by atoms with Crippen LogP contribution in [-0.4, -0.2) is 4.32 Å². The van der Waals surface area contributed by atoms with Crippen LogP contribution >= 0.6 is 15.9 Å². The summed E-state index contributed by atoms with van der Waals surface area (Å²) in [6.45, 7) is 0. The molecule has 0 aromatic heterocycles. The van der Waals surface area contributed by atoms with Crippen LogP contribution in [0.15, 0.2) is 48.1 Å². The fraction of sp³-hybridized carbons (Fsp3) is 0.429. The molecular formula is C14H13Br. The zero-order chi connectivity index (χ0) is 10.0. The van der Waals surface area contributed by atoms with E-state index in [0.29, 0.717) is 16.2 Å². The third-order valence-corrected chi connectivity index (χ3v) is 5.92. The van der Waals surface area contributed by atoms with Gasteiger partial charge in [0.2, 0.25) is 0 Å². The Hall–Kier alpha value is -0.560. The van der Waals surface area contributed by atoms with Crippen molar-refractivity contribution in [3.05, 3.63) is 48.1 Å². The molecule has 0 aromatic carbocycles. The molecule has 0 aromatic rings. The van der Waals surface area contributed by atoms with Crippen LogP contribution in [0.25, 0.3) is 0 Å². The first-order chi connectivity index (χ1) is 7.32. The maximum absolute atomic E-state index is 4.03. The molecule has 0 nitrogen and oxygen atoms in total. The number of hydrogen-bond acceptors (Lipinski definition) is 0. The molecule has 0 spiro atoms. The van der Waals surface area contributed by atoms with Crippen molar-refractivity contribution in [2.75, 3.05) is 0 Å². The van der Waals surface area contributed by atoms with Crippen LogP contribution in [-0.2, 0) is 0 Å². The molecule has 5 rings (SSSR count). The monoisotopic (exact) mass is 260 g/mol. The Morgan fingerprint density at radius 3 is 2.13 bits per heavy atom. The van der Waals surface area contributed by atoms with Gasteiger partial charge < -0.3 is 0 Å². The first-order valence-corrected chi connectivity index (χ1v) is 6.54. The zero-order valence-corrected chi connectivity index (χ0v) is 10.0. The van der Waals surface area contributed by atoms with E-state index in [1.807, 2.05) is 0 Å². The van der Waals surface area contributed by atoms with Gasteiger partial charge in [-0.1, -0.05) is 58.5 Å². The van der Waals surface area contributed by atoms with Crippen molar-refractivity contribution in [1.82, 2.24) is 0 Å². The van der Waals surface area contributed by atoms with Crippen molar-refractivity contribution in [2.24, 2.45) is 23.7 Å². The van der Waals surface area contributed by atoms with E-state index in [4.69, 9.17) is 0 Å². The minimum atomic E-state index is 0.294. The Bertz CT molecular complexity index is 402. The fourth-order valence-corrected chi connectivity index (χ4v) is 5.04. The Labute approximate surface area is 98.6 Å². The average Bonchev–Trinajstić information content (AvgIpc) is 2.74. The third kappa shape index (κ3) is 0.891. The normalized spacial score (nSPS) is 53.3. The first-order valence-electron chi connectivity index (χ1n) is 5.74. The Morgan fingerprint density at radius 1 is 1.07 bits per heavy atom. The summed E-state index contributed by atoms with van der Waals surface area (Å²) >= 11 is 4.03. The molecule has 15 heavy (non-hydrogen) atoms. The number of allylic oxidation sites excluding steroid dienone is 8. The summed E-state index contributed by atoms with van der Waals surface area (Å²) in [6.07, 6.45) is 17.7. The molecule has 1 fully saturated rings. The SMILES string of the molecule is BrC1(C2=CCC=C2)C2C3C=CC(C=C3)C21. The summed E-state index contributed by atoms with van der Waals surface area (Å²) in [5, 5.41) is 0. The lowest BCUT2D eigenvalue weighted by molar-refractivity contribution is 0.499. The molecule has 2 atom stereocenters. The van der Waals surface area contributed by atoms with Crippen molar-refractivity contribution in [1.29, 1.82) is 0 Å². The number of hydrogen-bond donors (Lipinski definition) is 0.